The van der Waals surface area contributed by atoms with E-state index in [1.165, 1.54) is 25.7 Å². The molecule has 1 aliphatic heterocycles. The van der Waals surface area contributed by atoms with Crippen LogP contribution in [-0.4, -0.2) is 44.0 Å². The van der Waals surface area contributed by atoms with Crippen LogP contribution in [-0.2, 0) is 9.47 Å². The van der Waals surface area contributed by atoms with E-state index in [-0.39, 0.29) is 5.41 Å². The molecule has 0 aromatic carbocycles. The lowest BCUT2D eigenvalue weighted by Crippen LogP contribution is -2.60. The Labute approximate surface area is 127 Å². The summed E-state index contributed by atoms with van der Waals surface area (Å²) in [6, 6.07) is 0.828. The SMILES string of the molecule is CCOC1CC(N=C(N)NC2CCCC2)C12CCOCC2. The van der Waals surface area contributed by atoms with Crippen LogP contribution in [0.1, 0.15) is 51.9 Å². The second-order valence-corrected chi connectivity index (χ2v) is 6.68. The lowest BCUT2D eigenvalue weighted by atomic mass is 9.58. The van der Waals surface area contributed by atoms with E-state index >= 15 is 0 Å². The third-order valence-electron chi connectivity index (χ3n) is 5.54. The first-order valence-corrected chi connectivity index (χ1v) is 8.54. The van der Waals surface area contributed by atoms with Crippen molar-refractivity contribution in [1.29, 1.82) is 0 Å². The molecule has 2 aliphatic carbocycles. The molecule has 2 atom stereocenters. The van der Waals surface area contributed by atoms with Gasteiger partial charge in [0.05, 0.1) is 12.1 Å². The highest BCUT2D eigenvalue weighted by molar-refractivity contribution is 5.78. The van der Waals surface area contributed by atoms with E-state index in [4.69, 9.17) is 20.2 Å². The van der Waals surface area contributed by atoms with Crippen LogP contribution < -0.4 is 11.1 Å². The van der Waals surface area contributed by atoms with Crippen LogP contribution in [0.25, 0.3) is 0 Å². The highest BCUT2D eigenvalue weighted by Gasteiger charge is 2.56. The first kappa shape index (κ1) is 15.1. The van der Waals surface area contributed by atoms with Crippen LogP contribution >= 0.6 is 0 Å². The van der Waals surface area contributed by atoms with Gasteiger partial charge in [-0.05, 0) is 39.0 Å². The summed E-state index contributed by atoms with van der Waals surface area (Å²) < 4.78 is 11.5. The molecule has 5 nitrogen and oxygen atoms in total. The molecule has 120 valence electrons. The molecular weight excluding hydrogens is 266 g/mol. The van der Waals surface area contributed by atoms with Gasteiger partial charge in [-0.25, -0.2) is 4.99 Å². The molecule has 0 bridgehead atoms. The summed E-state index contributed by atoms with van der Waals surface area (Å²) >= 11 is 0. The summed E-state index contributed by atoms with van der Waals surface area (Å²) in [4.78, 5) is 4.80. The van der Waals surface area contributed by atoms with Gasteiger partial charge in [0.15, 0.2) is 5.96 Å². The van der Waals surface area contributed by atoms with E-state index in [9.17, 15) is 0 Å². The summed E-state index contributed by atoms with van der Waals surface area (Å²) in [6.45, 7) is 4.50. The Morgan fingerprint density at radius 2 is 2.05 bits per heavy atom. The quantitative estimate of drug-likeness (QED) is 0.613. The molecule has 1 spiro atoms. The number of nitrogens with two attached hydrogens (primary N) is 1. The summed E-state index contributed by atoms with van der Waals surface area (Å²) in [6.07, 6.45) is 8.48. The van der Waals surface area contributed by atoms with Crippen LogP contribution in [0, 0.1) is 5.41 Å². The minimum atomic E-state index is 0.163. The van der Waals surface area contributed by atoms with Crippen molar-refractivity contribution in [3.63, 3.8) is 0 Å². The van der Waals surface area contributed by atoms with Gasteiger partial charge in [-0.3, -0.25) is 0 Å². The lowest BCUT2D eigenvalue weighted by molar-refractivity contribution is -0.163. The van der Waals surface area contributed by atoms with Crippen molar-refractivity contribution in [2.75, 3.05) is 19.8 Å². The molecule has 3 aliphatic rings. The molecular formula is C16H29N3O2. The Kier molecular flexibility index (Phi) is 4.69. The first-order valence-electron chi connectivity index (χ1n) is 8.54. The van der Waals surface area contributed by atoms with Gasteiger partial charge in [0.2, 0.25) is 0 Å². The smallest absolute Gasteiger partial charge is 0.189 e. The fourth-order valence-electron chi connectivity index (χ4n) is 4.23. The number of nitrogens with one attached hydrogen (secondary N) is 1. The monoisotopic (exact) mass is 295 g/mol. The van der Waals surface area contributed by atoms with Crippen LogP contribution in [0.3, 0.4) is 0 Å². The number of hydrogen-bond acceptors (Lipinski definition) is 3. The standard InChI is InChI=1S/C16H29N3O2/c1-2-21-14-11-13(16(14)7-9-20-10-8-16)19-15(17)18-12-5-3-4-6-12/h12-14H,2-11H2,1H3,(H3,17,18,19). The van der Waals surface area contributed by atoms with Gasteiger partial charge in [-0.15, -0.1) is 0 Å². The minimum absolute atomic E-state index is 0.163. The van der Waals surface area contributed by atoms with Crippen LogP contribution in [0.5, 0.6) is 0 Å². The van der Waals surface area contributed by atoms with E-state index in [1.54, 1.807) is 0 Å². The van der Waals surface area contributed by atoms with Crippen molar-refractivity contribution in [3.05, 3.63) is 0 Å². The van der Waals surface area contributed by atoms with E-state index < -0.39 is 0 Å². The predicted octanol–water partition coefficient (Wildman–Crippen LogP) is 1.81. The fraction of sp³-hybridized carbons (Fsp3) is 0.938. The number of nitrogens with zero attached hydrogens (tertiary/aromatic N) is 1. The Balaban J connectivity index is 1.63. The Hall–Kier alpha value is -0.810. The van der Waals surface area contributed by atoms with Gasteiger partial charge in [0.25, 0.3) is 0 Å². The van der Waals surface area contributed by atoms with Crippen LogP contribution in [0.15, 0.2) is 4.99 Å². The molecule has 5 heteroatoms. The van der Waals surface area contributed by atoms with Gasteiger partial charge in [-0.1, -0.05) is 12.8 Å². The average molecular weight is 295 g/mol. The fourth-order valence-corrected chi connectivity index (χ4v) is 4.23. The zero-order valence-corrected chi connectivity index (χ0v) is 13.1. The molecule has 0 amide bonds. The van der Waals surface area contributed by atoms with Crippen LogP contribution in [0.2, 0.25) is 0 Å². The van der Waals surface area contributed by atoms with Crippen molar-refractivity contribution in [1.82, 2.24) is 5.32 Å². The molecule has 2 saturated carbocycles. The zero-order chi connectivity index (χ0) is 14.7. The van der Waals surface area contributed by atoms with Gasteiger partial charge in [0.1, 0.15) is 0 Å². The number of hydrogen-bond donors (Lipinski definition) is 2. The maximum absolute atomic E-state index is 6.14. The highest BCUT2D eigenvalue weighted by Crippen LogP contribution is 2.52. The van der Waals surface area contributed by atoms with Gasteiger partial charge >= 0.3 is 0 Å². The normalized spacial score (nSPS) is 33.1. The van der Waals surface area contributed by atoms with Crippen molar-refractivity contribution in [2.45, 2.75) is 70.1 Å². The minimum Gasteiger partial charge on any atom is -0.381 e. The Morgan fingerprint density at radius 1 is 1.33 bits per heavy atom. The number of ether oxygens (including phenoxy) is 2. The molecule has 1 saturated heterocycles. The Morgan fingerprint density at radius 3 is 2.71 bits per heavy atom. The van der Waals surface area contributed by atoms with E-state index in [2.05, 4.69) is 12.2 Å². The first-order chi connectivity index (χ1) is 10.2. The number of guanidine groups is 1. The topological polar surface area (TPSA) is 68.9 Å². The predicted molar refractivity (Wildman–Crippen MR) is 83.3 cm³/mol. The summed E-state index contributed by atoms with van der Waals surface area (Å²) in [5.74, 6) is 0.632. The largest absolute Gasteiger partial charge is 0.381 e. The third kappa shape index (κ3) is 3.04. The number of rotatable bonds is 4. The van der Waals surface area contributed by atoms with Crippen molar-refractivity contribution >= 4 is 5.96 Å². The molecule has 21 heavy (non-hydrogen) atoms. The second-order valence-electron chi connectivity index (χ2n) is 6.68. The molecule has 0 radical (unpaired) electrons. The second kappa shape index (κ2) is 6.53. The molecule has 3 rings (SSSR count). The van der Waals surface area contributed by atoms with Crippen molar-refractivity contribution in [3.8, 4) is 0 Å². The van der Waals surface area contributed by atoms with Crippen molar-refractivity contribution in [2.24, 2.45) is 16.1 Å². The van der Waals surface area contributed by atoms with Gasteiger partial charge in [0, 0.05) is 31.3 Å². The summed E-state index contributed by atoms with van der Waals surface area (Å²) in [5, 5.41) is 3.40. The molecule has 3 N–H and O–H groups in total. The Bertz CT molecular complexity index is 374. The molecule has 2 unspecified atom stereocenters. The van der Waals surface area contributed by atoms with E-state index in [0.717, 1.165) is 39.1 Å². The molecule has 0 aromatic rings. The van der Waals surface area contributed by atoms with Crippen molar-refractivity contribution < 1.29 is 9.47 Å². The summed E-state index contributed by atoms with van der Waals surface area (Å²) in [5.41, 5.74) is 6.30. The maximum Gasteiger partial charge on any atom is 0.189 e. The lowest BCUT2D eigenvalue weighted by Gasteiger charge is -2.55. The molecule has 1 heterocycles. The highest BCUT2D eigenvalue weighted by atomic mass is 16.5. The number of aliphatic imine (C=N–C) groups is 1. The molecule has 0 aromatic heterocycles. The van der Waals surface area contributed by atoms with Gasteiger partial charge < -0.3 is 20.5 Å². The average Bonchev–Trinajstić information content (AvgIpc) is 3.00. The van der Waals surface area contributed by atoms with E-state index in [1.807, 2.05) is 0 Å². The third-order valence-corrected chi connectivity index (χ3v) is 5.54. The summed E-state index contributed by atoms with van der Waals surface area (Å²) in [7, 11) is 0. The zero-order valence-electron chi connectivity index (χ0n) is 13.1. The maximum atomic E-state index is 6.14. The molecule has 3 fully saturated rings. The van der Waals surface area contributed by atoms with Gasteiger partial charge in [-0.2, -0.15) is 0 Å². The van der Waals surface area contributed by atoms with E-state index in [0.29, 0.717) is 24.1 Å². The van der Waals surface area contributed by atoms with Crippen LogP contribution in [0.4, 0.5) is 0 Å².